The van der Waals surface area contributed by atoms with E-state index < -0.39 is 47.8 Å². The van der Waals surface area contributed by atoms with E-state index in [-0.39, 0.29) is 60.8 Å². The monoisotopic (exact) mass is 685 g/mol. The van der Waals surface area contributed by atoms with Gasteiger partial charge in [-0.3, -0.25) is 33.8 Å². The van der Waals surface area contributed by atoms with Crippen molar-refractivity contribution in [3.05, 3.63) is 29.3 Å². The average molecular weight is 686 g/mol. The van der Waals surface area contributed by atoms with Crippen LogP contribution in [0.15, 0.2) is 29.3 Å². The van der Waals surface area contributed by atoms with Crippen LogP contribution in [0.1, 0.15) is 75.5 Å². The molecule has 0 bridgehead atoms. The van der Waals surface area contributed by atoms with Crippen LogP contribution in [0.3, 0.4) is 0 Å². The van der Waals surface area contributed by atoms with Gasteiger partial charge in [-0.05, 0) is 56.6 Å². The lowest BCUT2D eigenvalue weighted by atomic mass is 10.00. The third-order valence-corrected chi connectivity index (χ3v) is 8.84. The summed E-state index contributed by atoms with van der Waals surface area (Å²) < 4.78 is 0.826. The highest BCUT2D eigenvalue weighted by Crippen LogP contribution is 2.23. The van der Waals surface area contributed by atoms with Crippen LogP contribution in [0.25, 0.3) is 10.2 Å². The minimum atomic E-state index is -1.19. The topological polar surface area (TPSA) is 231 Å². The number of nitrogens with zero attached hydrogens (tertiary/aromatic N) is 3. The number of fused-ring (bicyclic) bond motifs is 1. The van der Waals surface area contributed by atoms with Gasteiger partial charge < -0.3 is 37.6 Å². The molecule has 2 aromatic rings. The molecule has 1 aromatic carbocycles. The fourth-order valence-corrected chi connectivity index (χ4v) is 6.25. The number of hydrogen-bond acceptors (Lipinski definition) is 9. The highest BCUT2D eigenvalue weighted by Gasteiger charge is 2.33. The van der Waals surface area contributed by atoms with E-state index in [1.54, 1.807) is 13.1 Å². The summed E-state index contributed by atoms with van der Waals surface area (Å²) in [6.45, 7) is 5.56. The Bertz CT molecular complexity index is 1470. The molecule has 4 atom stereocenters. The van der Waals surface area contributed by atoms with Crippen LogP contribution in [-0.4, -0.2) is 95.5 Å². The number of carbonyl (C=O) groups excluding carboxylic acids is 6. The van der Waals surface area contributed by atoms with E-state index in [2.05, 4.69) is 31.2 Å². The third-order valence-electron chi connectivity index (χ3n) is 7.79. The molecule has 0 radical (unpaired) electrons. The van der Waals surface area contributed by atoms with Gasteiger partial charge in [-0.15, -0.1) is 11.3 Å². The summed E-state index contributed by atoms with van der Waals surface area (Å²) in [5.74, 6) is -3.20. The summed E-state index contributed by atoms with van der Waals surface area (Å²) in [5, 5.41) is 11.1. The normalized spacial score (nSPS) is 20.3. The Hall–Kier alpha value is -4.60. The fourth-order valence-electron chi connectivity index (χ4n) is 5.29. The number of amides is 5. The fraction of sp³-hybridized carbons (Fsp3) is 0.562. The maximum absolute atomic E-state index is 13.9. The Morgan fingerprint density at radius 1 is 1.10 bits per heavy atom. The van der Waals surface area contributed by atoms with Gasteiger partial charge in [-0.1, -0.05) is 26.0 Å². The van der Waals surface area contributed by atoms with Crippen molar-refractivity contribution in [2.24, 2.45) is 22.4 Å². The summed E-state index contributed by atoms with van der Waals surface area (Å²) in [7, 11) is 1.60. The molecule has 0 saturated carbocycles. The largest absolute Gasteiger partial charge is 0.370 e. The molecule has 5 amide bonds. The minimum absolute atomic E-state index is 0.0276. The van der Waals surface area contributed by atoms with E-state index in [1.807, 2.05) is 32.0 Å². The molecule has 1 saturated heterocycles. The van der Waals surface area contributed by atoms with Crippen LogP contribution in [0.2, 0.25) is 0 Å². The number of rotatable bonds is 11. The van der Waals surface area contributed by atoms with Crippen molar-refractivity contribution in [3.63, 3.8) is 0 Å². The molecule has 1 aliphatic heterocycles. The van der Waals surface area contributed by atoms with E-state index in [0.29, 0.717) is 31.3 Å². The zero-order valence-electron chi connectivity index (χ0n) is 27.9. The minimum Gasteiger partial charge on any atom is -0.370 e. The van der Waals surface area contributed by atoms with Gasteiger partial charge in [0.1, 0.15) is 18.1 Å². The van der Waals surface area contributed by atoms with E-state index in [0.717, 1.165) is 4.70 Å². The molecule has 262 valence electrons. The first-order valence-electron chi connectivity index (χ1n) is 16.1. The first-order valence-corrected chi connectivity index (χ1v) is 16.9. The SMILES string of the molecule is CC(=O)N[C@H]1CC(=O)N(C)CCCC[C@@H](C(=O)N[C@@H](CCCN=C(N)N)C(=O)c2nc3ccccc3s2)NC(=O)[C@H](CC(C)C)NC1=O. The number of thiazole rings is 1. The van der Waals surface area contributed by atoms with Crippen LogP contribution >= 0.6 is 11.3 Å². The number of aromatic nitrogens is 1. The number of ketones is 1. The maximum atomic E-state index is 13.9. The van der Waals surface area contributed by atoms with Gasteiger partial charge in [0.05, 0.1) is 22.7 Å². The number of aliphatic imine (C=N–C) groups is 1. The Kier molecular flexibility index (Phi) is 14.3. The second-order valence-corrected chi connectivity index (χ2v) is 13.4. The van der Waals surface area contributed by atoms with Gasteiger partial charge in [0.15, 0.2) is 11.0 Å². The Morgan fingerprint density at radius 3 is 2.50 bits per heavy atom. The molecule has 0 aliphatic carbocycles. The molecule has 3 rings (SSSR count). The number of benzene rings is 1. The van der Waals surface area contributed by atoms with E-state index in [9.17, 15) is 28.8 Å². The molecule has 1 aromatic heterocycles. The molecular formula is C32H47N9O6S. The Morgan fingerprint density at radius 2 is 1.83 bits per heavy atom. The van der Waals surface area contributed by atoms with E-state index in [4.69, 9.17) is 11.5 Å². The number of Topliss-reactive ketones (excluding diaryl/α,β-unsaturated/α-hetero) is 1. The van der Waals surface area contributed by atoms with Crippen LogP contribution < -0.4 is 32.7 Å². The quantitative estimate of drug-likeness (QED) is 0.0839. The molecule has 2 heterocycles. The lowest BCUT2D eigenvalue weighted by Crippen LogP contribution is -2.58. The zero-order valence-corrected chi connectivity index (χ0v) is 28.7. The van der Waals surface area contributed by atoms with Crippen LogP contribution in [0, 0.1) is 5.92 Å². The van der Waals surface area contributed by atoms with E-state index in [1.165, 1.54) is 23.2 Å². The van der Waals surface area contributed by atoms with Gasteiger partial charge >= 0.3 is 0 Å². The number of carbonyl (C=O) groups is 6. The predicted octanol–water partition coefficient (Wildman–Crippen LogP) is 0.570. The van der Waals surface area contributed by atoms with E-state index >= 15 is 0 Å². The molecule has 1 aliphatic rings. The summed E-state index contributed by atoms with van der Waals surface area (Å²) >= 11 is 1.22. The molecule has 16 heteroatoms. The van der Waals surface area contributed by atoms with Crippen molar-refractivity contribution in [1.82, 2.24) is 31.2 Å². The van der Waals surface area contributed by atoms with Crippen molar-refractivity contribution in [2.45, 2.75) is 89.9 Å². The van der Waals surface area contributed by atoms with Crippen molar-refractivity contribution >= 4 is 62.8 Å². The third kappa shape index (κ3) is 11.6. The predicted molar refractivity (Wildman–Crippen MR) is 183 cm³/mol. The number of guanidine groups is 1. The summed E-state index contributed by atoms with van der Waals surface area (Å²) in [6.07, 6.45) is 1.74. The zero-order chi connectivity index (χ0) is 35.4. The van der Waals surface area contributed by atoms with Crippen LogP contribution in [-0.2, 0) is 24.0 Å². The summed E-state index contributed by atoms with van der Waals surface area (Å²) in [4.78, 5) is 89.2. The lowest BCUT2D eigenvalue weighted by Gasteiger charge is -2.28. The number of nitrogens with one attached hydrogen (secondary N) is 4. The number of nitrogens with two attached hydrogens (primary N) is 2. The molecule has 15 nitrogen and oxygen atoms in total. The highest BCUT2D eigenvalue weighted by atomic mass is 32.1. The Balaban J connectivity index is 1.88. The second kappa shape index (κ2) is 18.1. The second-order valence-electron chi connectivity index (χ2n) is 12.4. The smallest absolute Gasteiger partial charge is 0.243 e. The van der Waals surface area contributed by atoms with Crippen LogP contribution in [0.4, 0.5) is 0 Å². The van der Waals surface area contributed by atoms with Crippen molar-refractivity contribution in [1.29, 1.82) is 0 Å². The molecule has 0 spiro atoms. The summed E-state index contributed by atoms with van der Waals surface area (Å²) in [5.41, 5.74) is 11.6. The van der Waals surface area contributed by atoms with Gasteiger partial charge in [0.2, 0.25) is 35.3 Å². The maximum Gasteiger partial charge on any atom is 0.243 e. The lowest BCUT2D eigenvalue weighted by molar-refractivity contribution is -0.137. The van der Waals surface area contributed by atoms with Crippen LogP contribution in [0.5, 0.6) is 0 Å². The van der Waals surface area contributed by atoms with Gasteiger partial charge in [-0.25, -0.2) is 4.98 Å². The van der Waals surface area contributed by atoms with Gasteiger partial charge in [0, 0.05) is 27.1 Å². The molecule has 1 fully saturated rings. The standard InChI is InChI=1S/C32H47N9O6S/c1-18(2)16-23-29(46)38-22(11-7-8-15-41(4)26(43)17-24(30(47)39-23)36-19(3)42)28(45)37-21(12-9-14-35-32(33)34)27(44)31-40-20-10-5-6-13-25(20)48-31/h5-6,10,13,18,21-24H,7-9,11-12,14-17H2,1-4H3,(H,36,42)(H,37,45)(H,38,46)(H,39,47)(H4,33,34,35)/t21-,22-,23-,24-/m0/s1. The first kappa shape index (κ1) is 37.9. The average Bonchev–Trinajstić information content (AvgIpc) is 3.46. The Labute approximate surface area is 284 Å². The number of para-hydroxylation sites is 1. The molecule has 8 N–H and O–H groups in total. The van der Waals surface area contributed by atoms with Gasteiger partial charge in [-0.2, -0.15) is 0 Å². The first-order chi connectivity index (χ1) is 22.7. The molecule has 48 heavy (non-hydrogen) atoms. The van der Waals surface area contributed by atoms with Crippen molar-refractivity contribution in [3.8, 4) is 0 Å². The summed E-state index contributed by atoms with van der Waals surface area (Å²) in [6, 6.07) is 3.06. The highest BCUT2D eigenvalue weighted by molar-refractivity contribution is 7.20. The van der Waals surface area contributed by atoms with Crippen molar-refractivity contribution in [2.75, 3.05) is 20.1 Å². The van der Waals surface area contributed by atoms with Crippen molar-refractivity contribution < 1.29 is 28.8 Å². The van der Waals surface area contributed by atoms with Gasteiger partial charge in [0.25, 0.3) is 0 Å². The molecule has 0 unspecified atom stereocenters. The molecular weight excluding hydrogens is 638 g/mol. The number of hydrogen-bond donors (Lipinski definition) is 6.